The lowest BCUT2D eigenvalue weighted by Crippen LogP contribution is -2.41. The van der Waals surface area contributed by atoms with Gasteiger partial charge >= 0.3 is 0 Å². The van der Waals surface area contributed by atoms with Crippen LogP contribution in [-0.2, 0) is 0 Å². The van der Waals surface area contributed by atoms with Gasteiger partial charge < -0.3 is 19.1 Å². The lowest BCUT2D eigenvalue weighted by molar-refractivity contribution is 0.0587. The van der Waals surface area contributed by atoms with Crippen LogP contribution in [0.4, 0.5) is 0 Å². The number of aryl methyl sites for hydroxylation is 1. The summed E-state index contributed by atoms with van der Waals surface area (Å²) in [5, 5.41) is 0. The van der Waals surface area contributed by atoms with E-state index in [1.807, 2.05) is 25.7 Å². The molecule has 0 aliphatic carbocycles. The summed E-state index contributed by atoms with van der Waals surface area (Å²) >= 11 is 0. The highest BCUT2D eigenvalue weighted by atomic mass is 16.5. The minimum Gasteiger partial charge on any atom is -0.490 e. The summed E-state index contributed by atoms with van der Waals surface area (Å²) in [6, 6.07) is 7.12. The Morgan fingerprint density at radius 1 is 1.11 bits per heavy atom. The van der Waals surface area contributed by atoms with Gasteiger partial charge in [-0.05, 0) is 39.0 Å². The molecule has 0 spiro atoms. The van der Waals surface area contributed by atoms with E-state index in [-0.39, 0.29) is 12.0 Å². The maximum Gasteiger partial charge on any atom is 0.253 e. The number of carbonyl (C=O) groups is 1. The quantitative estimate of drug-likeness (QED) is 0.728. The second-order valence-electron chi connectivity index (χ2n) is 6.58. The summed E-state index contributed by atoms with van der Waals surface area (Å²) in [5.41, 5.74) is 0.609. The zero-order valence-electron chi connectivity index (χ0n) is 16.7. The number of carbonyl (C=O) groups excluding carboxylic acids is 1. The highest BCUT2D eigenvalue weighted by Gasteiger charge is 2.25. The molecule has 1 saturated heterocycles. The molecule has 0 atom stereocenters. The van der Waals surface area contributed by atoms with E-state index >= 15 is 0 Å². The second kappa shape index (κ2) is 9.39. The predicted molar refractivity (Wildman–Crippen MR) is 105 cm³/mol. The molecule has 150 valence electrons. The monoisotopic (exact) mass is 385 g/mol. The molecule has 0 saturated carbocycles. The first-order valence-corrected chi connectivity index (χ1v) is 9.76. The smallest absolute Gasteiger partial charge is 0.253 e. The largest absolute Gasteiger partial charge is 0.490 e. The lowest BCUT2D eigenvalue weighted by atomic mass is 10.1. The number of likely N-dealkylation sites (tertiary alicyclic amines) is 1. The molecule has 1 aromatic carbocycles. The number of ether oxygens (including phenoxy) is 3. The van der Waals surface area contributed by atoms with Crippen molar-refractivity contribution in [2.24, 2.45) is 0 Å². The molecular formula is C21H27N3O4. The Bertz CT molecular complexity index is 804. The normalized spacial score (nSPS) is 14.6. The van der Waals surface area contributed by atoms with Gasteiger partial charge in [0.2, 0.25) is 5.88 Å². The molecule has 0 unspecified atom stereocenters. The summed E-state index contributed by atoms with van der Waals surface area (Å²) in [7, 11) is 0. The van der Waals surface area contributed by atoms with Crippen LogP contribution >= 0.6 is 0 Å². The molecule has 0 N–H and O–H groups in total. The highest BCUT2D eigenvalue weighted by molar-refractivity contribution is 5.95. The Morgan fingerprint density at radius 3 is 2.50 bits per heavy atom. The average molecular weight is 385 g/mol. The molecular weight excluding hydrogens is 358 g/mol. The number of nitrogens with zero attached hydrogens (tertiary/aromatic N) is 3. The molecule has 1 amide bonds. The van der Waals surface area contributed by atoms with Crippen molar-refractivity contribution in [1.29, 1.82) is 0 Å². The van der Waals surface area contributed by atoms with Crippen molar-refractivity contribution in [2.75, 3.05) is 26.3 Å². The minimum absolute atomic E-state index is 0.000307. The van der Waals surface area contributed by atoms with Crippen LogP contribution in [0.5, 0.6) is 17.4 Å². The van der Waals surface area contributed by atoms with Gasteiger partial charge in [0, 0.05) is 43.8 Å². The molecule has 1 fully saturated rings. The van der Waals surface area contributed by atoms with Crippen molar-refractivity contribution in [3.8, 4) is 17.4 Å². The fourth-order valence-electron chi connectivity index (χ4n) is 3.21. The topological polar surface area (TPSA) is 73.8 Å². The van der Waals surface area contributed by atoms with Crippen LogP contribution in [-0.4, -0.2) is 53.2 Å². The summed E-state index contributed by atoms with van der Waals surface area (Å²) in [4.78, 5) is 23.1. The molecule has 0 bridgehead atoms. The van der Waals surface area contributed by atoms with Gasteiger partial charge in [0.15, 0.2) is 11.5 Å². The Morgan fingerprint density at radius 2 is 1.82 bits per heavy atom. The molecule has 2 aromatic rings. The van der Waals surface area contributed by atoms with E-state index < -0.39 is 0 Å². The van der Waals surface area contributed by atoms with Crippen LogP contribution in [0.2, 0.25) is 0 Å². The second-order valence-corrected chi connectivity index (χ2v) is 6.58. The highest BCUT2D eigenvalue weighted by Crippen LogP contribution is 2.29. The zero-order chi connectivity index (χ0) is 19.9. The molecule has 0 radical (unpaired) electrons. The van der Waals surface area contributed by atoms with E-state index in [4.69, 9.17) is 14.2 Å². The third-order valence-electron chi connectivity index (χ3n) is 4.56. The van der Waals surface area contributed by atoms with Crippen molar-refractivity contribution in [1.82, 2.24) is 14.9 Å². The van der Waals surface area contributed by atoms with Crippen LogP contribution in [0.25, 0.3) is 0 Å². The van der Waals surface area contributed by atoms with Gasteiger partial charge in [0.25, 0.3) is 5.91 Å². The molecule has 1 aliphatic heterocycles. The van der Waals surface area contributed by atoms with Crippen molar-refractivity contribution in [3.63, 3.8) is 0 Å². The Labute approximate surface area is 165 Å². The molecule has 28 heavy (non-hydrogen) atoms. The number of piperidine rings is 1. The summed E-state index contributed by atoms with van der Waals surface area (Å²) in [6.45, 7) is 8.02. The van der Waals surface area contributed by atoms with E-state index in [1.165, 1.54) is 0 Å². The first-order valence-electron chi connectivity index (χ1n) is 9.76. The van der Waals surface area contributed by atoms with Crippen molar-refractivity contribution < 1.29 is 19.0 Å². The first-order chi connectivity index (χ1) is 13.6. The first kappa shape index (κ1) is 19.9. The van der Waals surface area contributed by atoms with Crippen molar-refractivity contribution in [2.45, 2.75) is 39.7 Å². The Kier molecular flexibility index (Phi) is 6.68. The van der Waals surface area contributed by atoms with E-state index in [2.05, 4.69) is 9.97 Å². The molecule has 1 aliphatic rings. The fraction of sp³-hybridized carbons (Fsp3) is 0.476. The minimum atomic E-state index is 0.000307. The number of rotatable bonds is 7. The molecule has 1 aromatic heterocycles. The number of hydrogen-bond acceptors (Lipinski definition) is 6. The van der Waals surface area contributed by atoms with Gasteiger partial charge in [0.1, 0.15) is 11.9 Å². The molecule has 7 heteroatoms. The molecule has 3 rings (SSSR count). The Hall–Kier alpha value is -2.83. The lowest BCUT2D eigenvalue weighted by Gasteiger charge is -2.32. The van der Waals surface area contributed by atoms with Crippen molar-refractivity contribution in [3.05, 3.63) is 41.9 Å². The number of benzene rings is 1. The summed E-state index contributed by atoms with van der Waals surface area (Å²) in [5.74, 6) is 2.54. The number of aromatic nitrogens is 2. The summed E-state index contributed by atoms with van der Waals surface area (Å²) < 4.78 is 17.1. The zero-order valence-corrected chi connectivity index (χ0v) is 16.7. The average Bonchev–Trinajstić information content (AvgIpc) is 2.70. The van der Waals surface area contributed by atoms with Gasteiger partial charge in [-0.25, -0.2) is 4.98 Å². The summed E-state index contributed by atoms with van der Waals surface area (Å²) in [6.07, 6.45) is 3.28. The van der Waals surface area contributed by atoms with Crippen LogP contribution in [0.1, 0.15) is 42.9 Å². The van der Waals surface area contributed by atoms with E-state index in [9.17, 15) is 4.79 Å². The Balaban J connectivity index is 1.61. The van der Waals surface area contributed by atoms with Gasteiger partial charge in [-0.1, -0.05) is 0 Å². The van der Waals surface area contributed by atoms with E-state index in [1.54, 1.807) is 30.5 Å². The molecule has 7 nitrogen and oxygen atoms in total. The third kappa shape index (κ3) is 4.91. The fourth-order valence-corrected chi connectivity index (χ4v) is 3.21. The van der Waals surface area contributed by atoms with Gasteiger partial charge in [-0.2, -0.15) is 4.98 Å². The van der Waals surface area contributed by atoms with Crippen LogP contribution in [0.3, 0.4) is 0 Å². The number of amides is 1. The van der Waals surface area contributed by atoms with Gasteiger partial charge in [0.05, 0.1) is 13.2 Å². The third-order valence-corrected chi connectivity index (χ3v) is 4.56. The van der Waals surface area contributed by atoms with Gasteiger partial charge in [-0.15, -0.1) is 0 Å². The van der Waals surface area contributed by atoms with E-state index in [0.717, 1.165) is 12.8 Å². The maximum absolute atomic E-state index is 12.9. The predicted octanol–water partition coefficient (Wildman–Crippen LogP) is 3.27. The van der Waals surface area contributed by atoms with Crippen LogP contribution in [0, 0.1) is 6.92 Å². The standard InChI is InChI=1S/C21H27N3O4/c1-4-26-18-7-6-16(14-19(18)27-5-2)21(25)24-12-9-17(10-13-24)28-20-8-11-22-15(3)23-20/h6-8,11,14,17H,4-5,9-10,12-13H2,1-3H3. The maximum atomic E-state index is 12.9. The van der Waals surface area contributed by atoms with Crippen molar-refractivity contribution >= 4 is 5.91 Å². The molecule has 2 heterocycles. The van der Waals surface area contributed by atoms with Crippen LogP contribution in [0.15, 0.2) is 30.5 Å². The SMILES string of the molecule is CCOc1ccc(C(=O)N2CCC(Oc3ccnc(C)n3)CC2)cc1OCC. The van der Waals surface area contributed by atoms with E-state index in [0.29, 0.717) is 55.1 Å². The number of hydrogen-bond donors (Lipinski definition) is 0. The van der Waals surface area contributed by atoms with Crippen LogP contribution < -0.4 is 14.2 Å². The van der Waals surface area contributed by atoms with Gasteiger partial charge in [-0.3, -0.25) is 4.79 Å².